The van der Waals surface area contributed by atoms with Gasteiger partial charge in [0.1, 0.15) is 0 Å². The molecule has 0 radical (unpaired) electrons. The molecule has 0 aliphatic carbocycles. The number of hydrazone groups is 1. The average Bonchev–Trinajstić information content (AvgIpc) is 2.73. The third-order valence-electron chi connectivity index (χ3n) is 1.97. The zero-order valence-corrected chi connectivity index (χ0v) is 10.4. The molecule has 1 saturated heterocycles. The van der Waals surface area contributed by atoms with Gasteiger partial charge >= 0.3 is 99.1 Å². The summed E-state index contributed by atoms with van der Waals surface area (Å²) in [5, 5.41) is 7.40. The molecule has 2 rings (SSSR count). The van der Waals surface area contributed by atoms with Crippen molar-refractivity contribution in [1.82, 2.24) is 5.32 Å². The quantitative estimate of drug-likeness (QED) is 0.632. The van der Waals surface area contributed by atoms with Gasteiger partial charge in [0.2, 0.25) is 0 Å². The number of rotatable bonds is 3. The van der Waals surface area contributed by atoms with E-state index in [0.29, 0.717) is 5.32 Å². The van der Waals surface area contributed by atoms with Crippen LogP contribution in [0.4, 0.5) is 5.69 Å². The molecular weight excluding hydrogens is 273 g/mol. The molecule has 5 nitrogen and oxygen atoms in total. The van der Waals surface area contributed by atoms with Gasteiger partial charge in [0.15, 0.2) is 0 Å². The van der Waals surface area contributed by atoms with Gasteiger partial charge in [0.05, 0.1) is 0 Å². The molecule has 2 N–H and O–H groups in total. The van der Waals surface area contributed by atoms with Crippen molar-refractivity contribution in [2.24, 2.45) is 5.10 Å². The molecule has 1 fully saturated rings. The molecule has 0 saturated carbocycles. The van der Waals surface area contributed by atoms with E-state index in [1.807, 2.05) is 24.3 Å². The van der Waals surface area contributed by atoms with Crippen molar-refractivity contribution in [3.63, 3.8) is 0 Å². The Morgan fingerprint density at radius 2 is 2.31 bits per heavy atom. The summed E-state index contributed by atoms with van der Waals surface area (Å²) in [5.74, 6) is 0.768. The molecule has 16 heavy (non-hydrogen) atoms. The second-order valence-corrected chi connectivity index (χ2v) is 5.09. The van der Waals surface area contributed by atoms with Gasteiger partial charge in [0, 0.05) is 0 Å². The number of para-hydroxylation sites is 2. The van der Waals surface area contributed by atoms with E-state index in [1.165, 1.54) is 0 Å². The number of hydrogen-bond acceptors (Lipinski definition) is 4. The number of amides is 1. The van der Waals surface area contributed by atoms with Crippen LogP contribution in [0.5, 0.6) is 5.75 Å². The number of carbonyl (C=O) groups is 1. The van der Waals surface area contributed by atoms with Crippen LogP contribution >= 0.6 is 0 Å². The molecule has 0 bridgehead atoms. The van der Waals surface area contributed by atoms with Crippen LogP contribution in [0.2, 0.25) is 5.32 Å². The molecule has 84 valence electrons. The first-order chi connectivity index (χ1) is 7.79. The van der Waals surface area contributed by atoms with E-state index in [-0.39, 0.29) is 20.9 Å². The minimum atomic E-state index is 0.0422. The number of methoxy groups -OCH3 is 1. The first-order valence-corrected chi connectivity index (χ1v) is 6.76. The second-order valence-electron chi connectivity index (χ2n) is 3.07. The summed E-state index contributed by atoms with van der Waals surface area (Å²) in [6, 6.07) is 7.50. The summed E-state index contributed by atoms with van der Waals surface area (Å²) in [5.41, 5.74) is 3.68. The summed E-state index contributed by atoms with van der Waals surface area (Å²) in [4.78, 5) is 11.0. The SMILES string of the molecule is COc1ccccc1N/N=C1/NC(=O)C[Se]1. The first kappa shape index (κ1) is 11.0. The maximum absolute atomic E-state index is 11.0. The zero-order chi connectivity index (χ0) is 11.4. The van der Waals surface area contributed by atoms with Gasteiger partial charge in [-0.05, 0) is 0 Å². The molecule has 0 atom stereocenters. The van der Waals surface area contributed by atoms with E-state index in [0.717, 1.165) is 16.2 Å². The van der Waals surface area contributed by atoms with Crippen LogP contribution in [-0.2, 0) is 4.79 Å². The summed E-state index contributed by atoms with van der Waals surface area (Å²) in [7, 11) is 1.61. The molecule has 1 amide bonds. The first-order valence-electron chi connectivity index (χ1n) is 4.69. The third-order valence-corrected chi connectivity index (χ3v) is 3.80. The Kier molecular flexibility index (Phi) is 3.43. The van der Waals surface area contributed by atoms with Crippen molar-refractivity contribution in [1.29, 1.82) is 0 Å². The van der Waals surface area contributed by atoms with Gasteiger partial charge in [-0.25, -0.2) is 0 Å². The van der Waals surface area contributed by atoms with Gasteiger partial charge in [-0.3, -0.25) is 0 Å². The van der Waals surface area contributed by atoms with E-state index in [1.54, 1.807) is 7.11 Å². The Hall–Kier alpha value is -1.52. The van der Waals surface area contributed by atoms with Crippen molar-refractivity contribution < 1.29 is 9.53 Å². The van der Waals surface area contributed by atoms with Crippen molar-refractivity contribution in [3.8, 4) is 5.75 Å². The van der Waals surface area contributed by atoms with E-state index in [2.05, 4.69) is 15.8 Å². The summed E-state index contributed by atoms with van der Waals surface area (Å²) >= 11 is 0.117. The van der Waals surface area contributed by atoms with Gasteiger partial charge < -0.3 is 0 Å². The van der Waals surface area contributed by atoms with Gasteiger partial charge in [-0.1, -0.05) is 0 Å². The summed E-state index contributed by atoms with van der Waals surface area (Å²) < 4.78 is 5.89. The number of amidine groups is 1. The predicted molar refractivity (Wildman–Crippen MR) is 62.8 cm³/mol. The van der Waals surface area contributed by atoms with Gasteiger partial charge in [-0.2, -0.15) is 0 Å². The predicted octanol–water partition coefficient (Wildman–Crippen LogP) is 0.630. The third kappa shape index (κ3) is 2.53. The van der Waals surface area contributed by atoms with Crippen LogP contribution in [0, 0.1) is 0 Å². The van der Waals surface area contributed by atoms with Crippen LogP contribution in [0.25, 0.3) is 0 Å². The van der Waals surface area contributed by atoms with E-state index in [9.17, 15) is 4.79 Å². The number of carbonyl (C=O) groups excluding carboxylic acids is 1. The normalized spacial score (nSPS) is 17.3. The van der Waals surface area contributed by atoms with Crippen LogP contribution in [0.15, 0.2) is 29.4 Å². The number of hydrogen-bond donors (Lipinski definition) is 2. The van der Waals surface area contributed by atoms with Gasteiger partial charge in [0.25, 0.3) is 0 Å². The fourth-order valence-corrected chi connectivity index (χ4v) is 2.57. The molecule has 1 aliphatic heterocycles. The van der Waals surface area contributed by atoms with Gasteiger partial charge in [-0.15, -0.1) is 0 Å². The molecular formula is C10H11N3O2Se. The number of ether oxygens (including phenoxy) is 1. The minimum absolute atomic E-state index is 0.0422. The second kappa shape index (κ2) is 5.01. The van der Waals surface area contributed by atoms with Crippen LogP contribution in [0.1, 0.15) is 0 Å². The molecule has 1 heterocycles. The van der Waals surface area contributed by atoms with Crippen LogP contribution in [-0.4, -0.2) is 32.7 Å². The van der Waals surface area contributed by atoms with E-state index in [4.69, 9.17) is 4.74 Å². The monoisotopic (exact) mass is 285 g/mol. The Labute approximate surface area is 99.4 Å². The molecule has 0 spiro atoms. The Bertz CT molecular complexity index is 434. The van der Waals surface area contributed by atoms with Crippen molar-refractivity contribution in [2.45, 2.75) is 5.32 Å². The zero-order valence-electron chi connectivity index (χ0n) is 8.69. The average molecular weight is 284 g/mol. The number of nitrogens with zero attached hydrogens (tertiary/aromatic N) is 1. The van der Waals surface area contributed by atoms with Crippen LogP contribution < -0.4 is 15.5 Å². The molecule has 6 heteroatoms. The Morgan fingerprint density at radius 1 is 1.50 bits per heavy atom. The number of benzene rings is 1. The molecule has 1 aromatic rings. The topological polar surface area (TPSA) is 62.7 Å². The van der Waals surface area contributed by atoms with Crippen molar-refractivity contribution in [3.05, 3.63) is 24.3 Å². The molecule has 0 aromatic heterocycles. The summed E-state index contributed by atoms with van der Waals surface area (Å²) in [6.07, 6.45) is 0. The number of anilines is 1. The van der Waals surface area contributed by atoms with Crippen molar-refractivity contribution >= 4 is 31.3 Å². The van der Waals surface area contributed by atoms with E-state index >= 15 is 0 Å². The van der Waals surface area contributed by atoms with Crippen LogP contribution in [0.3, 0.4) is 0 Å². The molecule has 0 unspecified atom stereocenters. The maximum atomic E-state index is 11.0. The number of nitrogens with one attached hydrogen (secondary N) is 2. The fourth-order valence-electron chi connectivity index (χ4n) is 1.23. The molecule has 1 aliphatic rings. The standard InChI is InChI=1S/C10H11N3O2Se/c1-15-8-5-3-2-4-7(8)12-13-10-11-9(14)6-16-10/h2-5,12H,6H2,1H3,(H,11,13,14). The van der Waals surface area contributed by atoms with E-state index < -0.39 is 0 Å². The summed E-state index contributed by atoms with van der Waals surface area (Å²) in [6.45, 7) is 0. The fraction of sp³-hybridized carbons (Fsp3) is 0.200. The molecule has 1 aromatic carbocycles. The Balaban J connectivity index is 2.07. The van der Waals surface area contributed by atoms with Crippen molar-refractivity contribution in [2.75, 3.05) is 12.5 Å². The Morgan fingerprint density at radius 3 is 3.00 bits per heavy atom.